The molecule has 2 amide bonds. The van der Waals surface area contributed by atoms with Crippen molar-refractivity contribution in [3.8, 4) is 11.5 Å². The highest BCUT2D eigenvalue weighted by atomic mass is 19.1. The number of rotatable bonds is 6. The van der Waals surface area contributed by atoms with Crippen molar-refractivity contribution in [3.05, 3.63) is 53.8 Å². The summed E-state index contributed by atoms with van der Waals surface area (Å²) >= 11 is 0. The van der Waals surface area contributed by atoms with Crippen LogP contribution in [-0.2, 0) is 19.7 Å². The molecule has 2 aromatic rings. The molecule has 2 aromatic carbocycles. The van der Waals surface area contributed by atoms with Crippen LogP contribution in [0.1, 0.15) is 18.4 Å². The van der Waals surface area contributed by atoms with Crippen LogP contribution in [0.15, 0.2) is 42.5 Å². The van der Waals surface area contributed by atoms with E-state index >= 15 is 0 Å². The highest BCUT2D eigenvalue weighted by Crippen LogP contribution is 2.34. The minimum absolute atomic E-state index is 0.240. The second-order valence-electron chi connectivity index (χ2n) is 7.10. The van der Waals surface area contributed by atoms with Crippen molar-refractivity contribution in [2.24, 2.45) is 0 Å². The molecular formula is C22H25FN2O5. The van der Waals surface area contributed by atoms with Crippen LogP contribution in [-0.4, -0.2) is 45.8 Å². The first-order valence-corrected chi connectivity index (χ1v) is 9.62. The number of hydrogen-bond acceptors (Lipinski definition) is 5. The number of halogens is 1. The third-order valence-electron chi connectivity index (χ3n) is 5.35. The van der Waals surface area contributed by atoms with Crippen molar-refractivity contribution in [2.45, 2.75) is 18.3 Å². The number of methoxy groups -OCH3 is 2. The van der Waals surface area contributed by atoms with Gasteiger partial charge in [0.05, 0.1) is 19.9 Å². The summed E-state index contributed by atoms with van der Waals surface area (Å²) in [5.74, 6) is -0.986. The summed E-state index contributed by atoms with van der Waals surface area (Å²) in [6, 6.07) is 11.1. The molecule has 7 nitrogen and oxygen atoms in total. The van der Waals surface area contributed by atoms with Crippen molar-refractivity contribution >= 4 is 17.5 Å². The van der Waals surface area contributed by atoms with Gasteiger partial charge < -0.3 is 24.8 Å². The zero-order valence-corrected chi connectivity index (χ0v) is 17.0. The Morgan fingerprint density at radius 2 is 1.73 bits per heavy atom. The lowest BCUT2D eigenvalue weighted by atomic mass is 9.74. The molecule has 0 unspecified atom stereocenters. The highest BCUT2D eigenvalue weighted by molar-refractivity contribution is 6.39. The summed E-state index contributed by atoms with van der Waals surface area (Å²) in [5, 5.41) is 5.27. The number of amides is 2. The van der Waals surface area contributed by atoms with E-state index in [4.69, 9.17) is 14.2 Å². The Morgan fingerprint density at radius 1 is 1.03 bits per heavy atom. The van der Waals surface area contributed by atoms with Crippen molar-refractivity contribution in [1.82, 2.24) is 5.32 Å². The SMILES string of the molecule is COc1ccc(OC)c(NC(=O)C(=O)NCC2(c3ccc(F)cc3)CCOCC2)c1. The normalized spacial score (nSPS) is 15.2. The number of ether oxygens (including phenoxy) is 3. The lowest BCUT2D eigenvalue weighted by Crippen LogP contribution is -2.47. The van der Waals surface area contributed by atoms with Crippen LogP contribution in [0.2, 0.25) is 0 Å². The van der Waals surface area contributed by atoms with Crippen LogP contribution < -0.4 is 20.1 Å². The van der Waals surface area contributed by atoms with Crippen molar-refractivity contribution < 1.29 is 28.2 Å². The summed E-state index contributed by atoms with van der Waals surface area (Å²) in [7, 11) is 2.97. The highest BCUT2D eigenvalue weighted by Gasteiger charge is 2.35. The maximum atomic E-state index is 13.4. The van der Waals surface area contributed by atoms with E-state index in [2.05, 4.69) is 10.6 Å². The standard InChI is InChI=1S/C22H25FN2O5/c1-28-17-7-8-19(29-2)18(13-17)25-21(27)20(26)24-14-22(9-11-30-12-10-22)15-3-5-16(23)6-4-15/h3-8,13H,9-12,14H2,1-2H3,(H,24,26)(H,25,27). The number of carbonyl (C=O) groups excluding carboxylic acids is 2. The van der Waals surface area contributed by atoms with Crippen molar-refractivity contribution in [3.63, 3.8) is 0 Å². The molecular weight excluding hydrogens is 391 g/mol. The smallest absolute Gasteiger partial charge is 0.313 e. The average Bonchev–Trinajstić information content (AvgIpc) is 2.78. The van der Waals surface area contributed by atoms with Gasteiger partial charge >= 0.3 is 11.8 Å². The summed E-state index contributed by atoms with van der Waals surface area (Å²) in [5.41, 5.74) is 0.814. The van der Waals surface area contributed by atoms with Gasteiger partial charge in [-0.2, -0.15) is 0 Å². The average molecular weight is 416 g/mol. The van der Waals surface area contributed by atoms with Crippen LogP contribution in [0.4, 0.5) is 10.1 Å². The van der Waals surface area contributed by atoms with Gasteiger partial charge in [-0.25, -0.2) is 4.39 Å². The second kappa shape index (κ2) is 9.58. The fourth-order valence-electron chi connectivity index (χ4n) is 3.55. The fourth-order valence-corrected chi connectivity index (χ4v) is 3.55. The van der Waals surface area contributed by atoms with Gasteiger partial charge in [-0.15, -0.1) is 0 Å². The number of carbonyl (C=O) groups is 2. The zero-order valence-electron chi connectivity index (χ0n) is 17.0. The third-order valence-corrected chi connectivity index (χ3v) is 5.35. The molecule has 1 aliphatic heterocycles. The van der Waals surface area contributed by atoms with Gasteiger partial charge in [-0.3, -0.25) is 9.59 Å². The van der Waals surface area contributed by atoms with Gasteiger partial charge in [0.2, 0.25) is 0 Å². The Hall–Kier alpha value is -3.13. The van der Waals surface area contributed by atoms with E-state index in [1.54, 1.807) is 30.3 Å². The quantitative estimate of drug-likeness (QED) is 0.707. The molecule has 0 bridgehead atoms. The summed E-state index contributed by atoms with van der Waals surface area (Å²) in [6.07, 6.45) is 1.31. The van der Waals surface area contributed by atoms with E-state index in [9.17, 15) is 14.0 Å². The molecule has 0 aromatic heterocycles. The molecule has 30 heavy (non-hydrogen) atoms. The number of anilines is 1. The molecule has 8 heteroatoms. The molecule has 2 N–H and O–H groups in total. The Labute approximate surface area is 174 Å². The zero-order chi connectivity index (χ0) is 21.6. The van der Waals surface area contributed by atoms with Crippen LogP contribution >= 0.6 is 0 Å². The van der Waals surface area contributed by atoms with Gasteiger partial charge in [-0.1, -0.05) is 12.1 Å². The van der Waals surface area contributed by atoms with Gasteiger partial charge in [-0.05, 0) is 42.7 Å². The van der Waals surface area contributed by atoms with Gasteiger partial charge in [0.1, 0.15) is 17.3 Å². The van der Waals surface area contributed by atoms with Gasteiger partial charge in [0.15, 0.2) is 0 Å². The molecule has 160 valence electrons. The minimum Gasteiger partial charge on any atom is -0.497 e. The molecule has 3 rings (SSSR count). The third kappa shape index (κ3) is 4.88. The predicted molar refractivity (Wildman–Crippen MR) is 109 cm³/mol. The van der Waals surface area contributed by atoms with E-state index in [-0.39, 0.29) is 12.4 Å². The molecule has 1 saturated heterocycles. The number of hydrogen-bond donors (Lipinski definition) is 2. The first-order chi connectivity index (χ1) is 14.5. The van der Waals surface area contributed by atoms with Crippen LogP contribution in [0.25, 0.3) is 0 Å². The first-order valence-electron chi connectivity index (χ1n) is 9.62. The Kier molecular flexibility index (Phi) is 6.89. The summed E-state index contributed by atoms with van der Waals surface area (Å²) in [6.45, 7) is 1.30. The molecule has 0 aliphatic carbocycles. The summed E-state index contributed by atoms with van der Waals surface area (Å²) in [4.78, 5) is 24.9. The molecule has 1 aliphatic rings. The first kappa shape index (κ1) is 21.6. The molecule has 1 fully saturated rings. The molecule has 0 spiro atoms. The van der Waals surface area contributed by atoms with E-state index in [1.807, 2.05) is 0 Å². The maximum absolute atomic E-state index is 13.4. The Morgan fingerprint density at radius 3 is 2.37 bits per heavy atom. The number of nitrogens with one attached hydrogen (secondary N) is 2. The minimum atomic E-state index is -0.817. The van der Waals surface area contributed by atoms with Crippen LogP contribution in [0.5, 0.6) is 11.5 Å². The topological polar surface area (TPSA) is 85.9 Å². The van der Waals surface area contributed by atoms with Crippen LogP contribution in [0, 0.1) is 5.82 Å². The molecule has 1 heterocycles. The van der Waals surface area contributed by atoms with E-state index in [0.717, 1.165) is 5.56 Å². The molecule has 0 saturated carbocycles. The second-order valence-corrected chi connectivity index (χ2v) is 7.10. The van der Waals surface area contributed by atoms with Crippen molar-refractivity contribution in [2.75, 3.05) is 39.3 Å². The largest absolute Gasteiger partial charge is 0.497 e. The van der Waals surface area contributed by atoms with Gasteiger partial charge in [0.25, 0.3) is 0 Å². The molecule has 0 radical (unpaired) electrons. The lowest BCUT2D eigenvalue weighted by molar-refractivity contribution is -0.136. The van der Waals surface area contributed by atoms with E-state index in [0.29, 0.717) is 43.2 Å². The summed E-state index contributed by atoms with van der Waals surface area (Å²) < 4.78 is 29.2. The van der Waals surface area contributed by atoms with Crippen LogP contribution in [0.3, 0.4) is 0 Å². The Bertz CT molecular complexity index is 895. The predicted octanol–water partition coefficient (Wildman–Crippen LogP) is 2.65. The molecule has 0 atom stereocenters. The number of benzene rings is 2. The fraction of sp³-hybridized carbons (Fsp3) is 0.364. The van der Waals surface area contributed by atoms with E-state index < -0.39 is 17.2 Å². The maximum Gasteiger partial charge on any atom is 0.313 e. The Balaban J connectivity index is 1.70. The lowest BCUT2D eigenvalue weighted by Gasteiger charge is -2.37. The monoisotopic (exact) mass is 416 g/mol. The van der Waals surface area contributed by atoms with Crippen molar-refractivity contribution in [1.29, 1.82) is 0 Å². The van der Waals surface area contributed by atoms with E-state index in [1.165, 1.54) is 26.4 Å². The van der Waals surface area contributed by atoms with Gasteiger partial charge in [0, 0.05) is 31.2 Å².